The molecule has 11 nitrogen and oxygen atoms in total. The third-order valence-corrected chi connectivity index (χ3v) is 5.43. The number of carboxylic acid groups (broad SMARTS) is 1. The fourth-order valence-electron chi connectivity index (χ4n) is 3.02. The summed E-state index contributed by atoms with van der Waals surface area (Å²) in [7, 11) is 0. The lowest BCUT2D eigenvalue weighted by Crippen LogP contribution is -2.48. The zero-order valence-electron chi connectivity index (χ0n) is 18.0. The molecule has 1 heterocycles. The highest BCUT2D eigenvalue weighted by atomic mass is 79.9. The van der Waals surface area contributed by atoms with E-state index in [1.807, 2.05) is 0 Å². The van der Waals surface area contributed by atoms with Crippen molar-refractivity contribution in [3.05, 3.63) is 58.1 Å². The first kappa shape index (κ1) is 24.8. The third kappa shape index (κ3) is 6.85. The minimum atomic E-state index is -1.38. The summed E-state index contributed by atoms with van der Waals surface area (Å²) in [5.41, 5.74) is 0.201. The molecule has 0 radical (unpaired) electrons. The van der Waals surface area contributed by atoms with Crippen LogP contribution >= 0.6 is 15.9 Å². The molecule has 34 heavy (non-hydrogen) atoms. The molecular formula is C22H24BrN5O6. The zero-order chi connectivity index (χ0) is 24.5. The van der Waals surface area contributed by atoms with Gasteiger partial charge >= 0.3 is 5.97 Å². The van der Waals surface area contributed by atoms with Crippen molar-refractivity contribution in [2.75, 3.05) is 32.8 Å². The van der Waals surface area contributed by atoms with Gasteiger partial charge in [0.25, 0.3) is 11.8 Å². The van der Waals surface area contributed by atoms with E-state index in [1.165, 1.54) is 24.3 Å². The molecule has 1 aliphatic heterocycles. The SMILES string of the molecule is O=C(NC[C@H](NC(=O)c1ccccc1Br)C(=O)O)c1ccc(OCCNC2=NCCN2)cc1O. The molecule has 1 atom stereocenters. The average Bonchev–Trinajstić information content (AvgIpc) is 3.33. The Hall–Kier alpha value is -3.80. The first-order valence-corrected chi connectivity index (χ1v) is 11.2. The molecule has 6 N–H and O–H groups in total. The number of nitrogens with zero attached hydrogens (tertiary/aromatic N) is 1. The maximum atomic E-state index is 12.5. The Morgan fingerprint density at radius 3 is 2.62 bits per heavy atom. The first-order chi connectivity index (χ1) is 16.3. The molecule has 0 fully saturated rings. The second-order valence-electron chi connectivity index (χ2n) is 7.17. The number of carbonyl (C=O) groups excluding carboxylic acids is 2. The van der Waals surface area contributed by atoms with Crippen LogP contribution in [0.5, 0.6) is 11.5 Å². The Morgan fingerprint density at radius 2 is 1.94 bits per heavy atom. The van der Waals surface area contributed by atoms with Crippen LogP contribution in [0.3, 0.4) is 0 Å². The molecule has 0 saturated heterocycles. The molecule has 2 aromatic carbocycles. The minimum Gasteiger partial charge on any atom is -0.507 e. The van der Waals surface area contributed by atoms with E-state index in [-0.39, 0.29) is 23.4 Å². The van der Waals surface area contributed by atoms with Gasteiger partial charge in [0.05, 0.1) is 24.2 Å². The van der Waals surface area contributed by atoms with Crippen LogP contribution in [0, 0.1) is 0 Å². The Kier molecular flexibility index (Phi) is 8.68. The second kappa shape index (κ2) is 11.9. The number of ether oxygens (including phenoxy) is 1. The number of hydrogen-bond acceptors (Lipinski definition) is 8. The number of amides is 2. The molecule has 0 unspecified atom stereocenters. The largest absolute Gasteiger partial charge is 0.507 e. The van der Waals surface area contributed by atoms with Crippen LogP contribution in [-0.4, -0.2) is 72.8 Å². The Balaban J connectivity index is 1.51. The average molecular weight is 534 g/mol. The van der Waals surface area contributed by atoms with E-state index < -0.39 is 23.8 Å². The van der Waals surface area contributed by atoms with Crippen molar-refractivity contribution < 1.29 is 29.3 Å². The Bertz CT molecular complexity index is 1090. The van der Waals surface area contributed by atoms with Crippen LogP contribution in [0.1, 0.15) is 20.7 Å². The lowest BCUT2D eigenvalue weighted by Gasteiger charge is -2.16. The fourth-order valence-corrected chi connectivity index (χ4v) is 3.48. The molecule has 0 bridgehead atoms. The predicted molar refractivity (Wildman–Crippen MR) is 127 cm³/mol. The number of carboxylic acids is 1. The summed E-state index contributed by atoms with van der Waals surface area (Å²) in [6.45, 7) is 1.95. The lowest BCUT2D eigenvalue weighted by atomic mass is 10.1. The number of aliphatic imine (C=N–C) groups is 1. The molecule has 3 rings (SSSR count). The molecule has 2 amide bonds. The smallest absolute Gasteiger partial charge is 0.328 e. The maximum absolute atomic E-state index is 12.5. The van der Waals surface area contributed by atoms with Gasteiger partial charge in [0.1, 0.15) is 24.1 Å². The van der Waals surface area contributed by atoms with E-state index >= 15 is 0 Å². The highest BCUT2D eigenvalue weighted by molar-refractivity contribution is 9.10. The highest BCUT2D eigenvalue weighted by Gasteiger charge is 2.23. The first-order valence-electron chi connectivity index (χ1n) is 10.4. The second-order valence-corrected chi connectivity index (χ2v) is 8.02. The number of aliphatic carboxylic acids is 1. The summed E-state index contributed by atoms with van der Waals surface area (Å²) < 4.78 is 6.05. The van der Waals surface area contributed by atoms with Gasteiger partial charge in [-0.3, -0.25) is 14.6 Å². The zero-order valence-corrected chi connectivity index (χ0v) is 19.6. The fraction of sp³-hybridized carbons (Fsp3) is 0.273. The molecule has 2 aromatic rings. The normalized spacial score (nSPS) is 13.3. The van der Waals surface area contributed by atoms with Crippen LogP contribution in [-0.2, 0) is 4.79 Å². The summed E-state index contributed by atoms with van der Waals surface area (Å²) in [5, 5.41) is 30.6. The number of benzene rings is 2. The molecular weight excluding hydrogens is 510 g/mol. The van der Waals surface area contributed by atoms with Crippen LogP contribution in [0.4, 0.5) is 0 Å². The summed E-state index contributed by atoms with van der Waals surface area (Å²) in [6, 6.07) is 9.36. The van der Waals surface area contributed by atoms with Crippen LogP contribution in [0.15, 0.2) is 51.9 Å². The van der Waals surface area contributed by atoms with Gasteiger partial charge in [-0.1, -0.05) is 12.1 Å². The number of rotatable bonds is 10. The van der Waals surface area contributed by atoms with Crippen LogP contribution in [0.25, 0.3) is 0 Å². The molecule has 12 heteroatoms. The van der Waals surface area contributed by atoms with Gasteiger partial charge in [0.2, 0.25) is 0 Å². The molecule has 0 aromatic heterocycles. The van der Waals surface area contributed by atoms with Crippen molar-refractivity contribution in [3.63, 3.8) is 0 Å². The number of nitrogens with one attached hydrogen (secondary N) is 4. The molecule has 0 aliphatic carbocycles. The van der Waals surface area contributed by atoms with Crippen molar-refractivity contribution in [1.29, 1.82) is 0 Å². The number of phenols is 1. The van der Waals surface area contributed by atoms with Crippen molar-refractivity contribution >= 4 is 39.7 Å². The predicted octanol–water partition coefficient (Wildman–Crippen LogP) is 0.695. The van der Waals surface area contributed by atoms with E-state index in [4.69, 9.17) is 4.74 Å². The monoisotopic (exact) mass is 533 g/mol. The number of phenolic OH excluding ortho intramolecular Hbond substituents is 1. The topological polar surface area (TPSA) is 161 Å². The summed E-state index contributed by atoms with van der Waals surface area (Å²) in [4.78, 5) is 40.6. The van der Waals surface area contributed by atoms with E-state index in [1.54, 1.807) is 18.2 Å². The minimum absolute atomic E-state index is 0.0590. The van der Waals surface area contributed by atoms with E-state index in [2.05, 4.69) is 42.2 Å². The van der Waals surface area contributed by atoms with Gasteiger partial charge in [-0.25, -0.2) is 4.79 Å². The Morgan fingerprint density at radius 1 is 1.15 bits per heavy atom. The Labute approximate surface area is 203 Å². The number of guanidine groups is 1. The molecule has 1 aliphatic rings. The standard InChI is InChI=1S/C22H24BrN5O6/c23-16-4-2-1-3-14(16)20(31)28-17(21(32)33)12-27-19(30)15-6-5-13(11-18(15)29)34-10-9-26-22-24-7-8-25-22/h1-6,11,17,29H,7-10,12H2,(H,27,30)(H,28,31)(H,32,33)(H2,24,25,26)/t17-/m0/s1. The van der Waals surface area contributed by atoms with Gasteiger partial charge < -0.3 is 36.2 Å². The van der Waals surface area contributed by atoms with E-state index in [0.29, 0.717) is 29.3 Å². The molecule has 180 valence electrons. The van der Waals surface area contributed by atoms with Crippen LogP contribution in [0.2, 0.25) is 0 Å². The summed E-state index contributed by atoms with van der Waals surface area (Å²) in [5.74, 6) is -1.87. The van der Waals surface area contributed by atoms with Gasteiger partial charge in [0, 0.05) is 23.6 Å². The summed E-state index contributed by atoms with van der Waals surface area (Å²) in [6.07, 6.45) is 0. The van der Waals surface area contributed by atoms with Crippen molar-refractivity contribution in [3.8, 4) is 11.5 Å². The van der Waals surface area contributed by atoms with Gasteiger partial charge in [0.15, 0.2) is 5.96 Å². The number of hydrogen-bond donors (Lipinski definition) is 6. The van der Waals surface area contributed by atoms with Gasteiger partial charge in [-0.05, 0) is 40.2 Å². The van der Waals surface area contributed by atoms with Gasteiger partial charge in [-0.15, -0.1) is 0 Å². The van der Waals surface area contributed by atoms with Gasteiger partial charge in [-0.2, -0.15) is 0 Å². The van der Waals surface area contributed by atoms with E-state index in [0.717, 1.165) is 13.1 Å². The van der Waals surface area contributed by atoms with Crippen molar-refractivity contribution in [2.24, 2.45) is 4.99 Å². The summed E-state index contributed by atoms with van der Waals surface area (Å²) >= 11 is 3.24. The maximum Gasteiger partial charge on any atom is 0.328 e. The van der Waals surface area contributed by atoms with Crippen molar-refractivity contribution in [1.82, 2.24) is 21.3 Å². The highest BCUT2D eigenvalue weighted by Crippen LogP contribution is 2.23. The third-order valence-electron chi connectivity index (χ3n) is 4.74. The number of carbonyl (C=O) groups is 3. The molecule has 0 saturated carbocycles. The quantitative estimate of drug-likeness (QED) is 0.243. The number of aromatic hydroxyl groups is 1. The lowest BCUT2D eigenvalue weighted by molar-refractivity contribution is -0.139. The van der Waals surface area contributed by atoms with Crippen molar-refractivity contribution in [2.45, 2.75) is 6.04 Å². The number of halogens is 1. The van der Waals surface area contributed by atoms with Crippen LogP contribution < -0.4 is 26.0 Å². The van der Waals surface area contributed by atoms with E-state index in [9.17, 15) is 24.6 Å². The molecule has 0 spiro atoms.